The molecule has 54 heavy (non-hydrogen) atoms. The van der Waals surface area contributed by atoms with Gasteiger partial charge < -0.3 is 24.3 Å². The average molecular weight is 764 g/mol. The van der Waals surface area contributed by atoms with E-state index < -0.39 is 20.0 Å². The predicted molar refractivity (Wildman–Crippen MR) is 207 cm³/mol. The summed E-state index contributed by atoms with van der Waals surface area (Å²) in [4.78, 5) is 43.0. The van der Waals surface area contributed by atoms with E-state index in [1.807, 2.05) is 117 Å². The molecule has 1 unspecified atom stereocenters. The molecular formula is C41H42ClN5O6Si. The molecule has 4 aromatic carbocycles. The number of carbonyl (C=O) groups excluding carboxylic acids is 2. The number of aromatic nitrogens is 3. The van der Waals surface area contributed by atoms with Gasteiger partial charge in [-0.1, -0.05) is 78.3 Å². The Bertz CT molecular complexity index is 2190. The van der Waals surface area contributed by atoms with E-state index in [-0.39, 0.29) is 48.9 Å². The molecule has 11 nitrogen and oxygen atoms in total. The van der Waals surface area contributed by atoms with Gasteiger partial charge in [0, 0.05) is 40.5 Å². The van der Waals surface area contributed by atoms with E-state index in [1.54, 1.807) is 20.5 Å². The van der Waals surface area contributed by atoms with E-state index in [4.69, 9.17) is 21.1 Å². The summed E-state index contributed by atoms with van der Waals surface area (Å²) in [6.07, 6.45) is 1.88. The van der Waals surface area contributed by atoms with Crippen molar-refractivity contribution in [1.82, 2.24) is 15.0 Å². The fraction of sp³-hybridized carbons (Fsp3) is 0.317. The summed E-state index contributed by atoms with van der Waals surface area (Å²) in [5, 5.41) is 19.4. The number of hydrogen-bond acceptors (Lipinski definition) is 8. The van der Waals surface area contributed by atoms with Crippen LogP contribution in [0.15, 0.2) is 103 Å². The molecule has 0 saturated carbocycles. The Labute approximate surface area is 319 Å². The first-order valence-electron chi connectivity index (χ1n) is 18.2. The minimum atomic E-state index is -2.91. The first-order valence-corrected chi connectivity index (χ1v) is 21.6. The molecule has 1 fully saturated rings. The molecule has 0 aliphatic carbocycles. The Hall–Kier alpha value is -4.85. The zero-order valence-electron chi connectivity index (χ0n) is 30.3. The molecule has 1 saturated heterocycles. The maximum atomic E-state index is 14.9. The van der Waals surface area contributed by atoms with Crippen molar-refractivity contribution in [3.8, 4) is 5.75 Å². The molecule has 13 heteroatoms. The van der Waals surface area contributed by atoms with E-state index in [2.05, 4.69) is 10.3 Å². The number of aliphatic hydroxyl groups excluding tert-OH is 1. The normalized spacial score (nSPS) is 22.7. The number of halogens is 1. The van der Waals surface area contributed by atoms with E-state index in [1.165, 1.54) is 0 Å². The minimum Gasteiger partial charge on any atom is -0.482 e. The topological polar surface area (TPSA) is 130 Å². The lowest BCUT2D eigenvalue weighted by atomic mass is 9.82. The number of fused-ring (bicyclic) bond motifs is 3. The van der Waals surface area contributed by atoms with Crippen molar-refractivity contribution >= 4 is 48.8 Å². The maximum Gasteiger partial charge on any atom is 0.269 e. The van der Waals surface area contributed by atoms with Crippen molar-refractivity contribution in [3.63, 3.8) is 0 Å². The number of benzene rings is 4. The Kier molecular flexibility index (Phi) is 9.43. The number of amides is 2. The van der Waals surface area contributed by atoms with Crippen LogP contribution in [0.1, 0.15) is 41.6 Å². The Morgan fingerprint density at radius 2 is 1.72 bits per heavy atom. The Balaban J connectivity index is 1.06. The van der Waals surface area contributed by atoms with Crippen LogP contribution in [-0.2, 0) is 33.0 Å². The number of aryl methyl sites for hydroxylation is 1. The van der Waals surface area contributed by atoms with Crippen LogP contribution in [0.4, 0.5) is 17.1 Å². The van der Waals surface area contributed by atoms with Crippen LogP contribution in [-0.4, -0.2) is 64.3 Å². The second kappa shape index (κ2) is 14.1. The zero-order chi connectivity index (χ0) is 37.8. The van der Waals surface area contributed by atoms with Gasteiger partial charge in [-0.25, -0.2) is 0 Å². The van der Waals surface area contributed by atoms with E-state index in [0.717, 1.165) is 11.1 Å². The third kappa shape index (κ3) is 6.21. The first-order chi connectivity index (χ1) is 26.0. The van der Waals surface area contributed by atoms with Crippen molar-refractivity contribution in [2.45, 2.75) is 62.7 Å². The van der Waals surface area contributed by atoms with Crippen LogP contribution in [0, 0.1) is 5.92 Å². The predicted octanol–water partition coefficient (Wildman–Crippen LogP) is 6.55. The largest absolute Gasteiger partial charge is 0.482 e. The lowest BCUT2D eigenvalue weighted by molar-refractivity contribution is -0.146. The van der Waals surface area contributed by atoms with Gasteiger partial charge in [-0.3, -0.25) is 19.2 Å². The quantitative estimate of drug-likeness (QED) is 0.153. The van der Waals surface area contributed by atoms with Gasteiger partial charge in [0.15, 0.2) is 20.5 Å². The summed E-state index contributed by atoms with van der Waals surface area (Å²) in [6, 6.07) is 30.2. The molecule has 2 amide bonds. The summed E-state index contributed by atoms with van der Waals surface area (Å²) in [5.74, 6) is -0.384. The zero-order valence-corrected chi connectivity index (χ0v) is 32.1. The molecule has 3 aliphatic rings. The van der Waals surface area contributed by atoms with E-state index in [9.17, 15) is 19.5 Å². The molecule has 2 N–H and O–H groups in total. The summed E-state index contributed by atoms with van der Waals surface area (Å²) in [5.41, 5.74) is 3.65. The summed E-state index contributed by atoms with van der Waals surface area (Å²) < 4.78 is 14.4. The Morgan fingerprint density at radius 3 is 2.46 bits per heavy atom. The van der Waals surface area contributed by atoms with Crippen molar-refractivity contribution in [2.24, 2.45) is 5.92 Å². The minimum absolute atomic E-state index is 0.0472. The van der Waals surface area contributed by atoms with Crippen molar-refractivity contribution < 1.29 is 29.0 Å². The third-order valence-corrected chi connectivity index (χ3v) is 13.9. The fourth-order valence-electron chi connectivity index (χ4n) is 8.69. The average Bonchev–Trinajstić information content (AvgIpc) is 3.82. The molecular weight excluding hydrogens is 722 g/mol. The van der Waals surface area contributed by atoms with Crippen molar-refractivity contribution in [3.05, 3.63) is 131 Å². The van der Waals surface area contributed by atoms with Gasteiger partial charge in [-0.2, -0.15) is 0 Å². The van der Waals surface area contributed by atoms with Crippen LogP contribution < -0.4 is 14.5 Å². The van der Waals surface area contributed by atoms with Crippen molar-refractivity contribution in [2.75, 3.05) is 23.0 Å². The second-order valence-corrected chi connectivity index (χ2v) is 19.3. The SMILES string of the molecule is C[C@@H]1[C@@H]([Si](C)(C)O)[C@H](CCn2cc(C(CO)c3ccccc3)nn2)O[C@@]12C(=O)N(Cc1ccc(N3C(=O)COc4ccccc43)cc1)c1ccc(Cl)cc12. The van der Waals surface area contributed by atoms with Gasteiger partial charge in [-0.15, -0.1) is 5.10 Å². The number of anilines is 3. The number of hydrogen-bond donors (Lipinski definition) is 2. The monoisotopic (exact) mass is 763 g/mol. The van der Waals surface area contributed by atoms with E-state index in [0.29, 0.717) is 52.1 Å². The molecule has 5 atom stereocenters. The molecule has 8 rings (SSSR count). The molecule has 4 heterocycles. The van der Waals surface area contributed by atoms with Gasteiger partial charge in [0.25, 0.3) is 11.8 Å². The van der Waals surface area contributed by atoms with Gasteiger partial charge in [-0.05, 0) is 73.1 Å². The summed E-state index contributed by atoms with van der Waals surface area (Å²) >= 11 is 6.61. The number of nitrogens with zero attached hydrogens (tertiary/aromatic N) is 5. The highest BCUT2D eigenvalue weighted by Gasteiger charge is 2.66. The van der Waals surface area contributed by atoms with Crippen LogP contribution in [0.3, 0.4) is 0 Å². The summed E-state index contributed by atoms with van der Waals surface area (Å²) in [7, 11) is -2.91. The van der Waals surface area contributed by atoms with Crippen molar-refractivity contribution in [1.29, 1.82) is 0 Å². The highest BCUT2D eigenvalue weighted by Crippen LogP contribution is 2.60. The van der Waals surface area contributed by atoms with Crippen LogP contribution in [0.5, 0.6) is 5.75 Å². The number of aliphatic hydroxyl groups is 1. The maximum absolute atomic E-state index is 14.9. The molecule has 0 bridgehead atoms. The smallest absolute Gasteiger partial charge is 0.269 e. The number of carbonyl (C=O) groups is 2. The first kappa shape index (κ1) is 36.1. The molecule has 1 spiro atoms. The molecule has 5 aromatic rings. The van der Waals surface area contributed by atoms with Crippen LogP contribution in [0.25, 0.3) is 0 Å². The number of ether oxygens (including phenoxy) is 2. The standard InChI is InChI=1S/C41H42ClN5O6Si/c1-26-39(54(2,3)51)37(19-20-45-23-33(43-44-45)31(24-48)28-9-5-4-6-10-28)53-41(26)32-21-29(42)15-18-34(32)46(40(41)50)22-27-13-16-30(17-14-27)47-35-11-7-8-12-36(35)52-25-38(47)49/h4-18,21,23,26,31,37,39,48,51H,19-20,22,24-25H2,1-3H3/t26-,31?,37+,39-,41+/m1/s1. The molecule has 278 valence electrons. The van der Waals surface area contributed by atoms with Gasteiger partial charge in [0.2, 0.25) is 0 Å². The summed E-state index contributed by atoms with van der Waals surface area (Å²) in [6.45, 7) is 6.37. The Morgan fingerprint density at radius 1 is 0.981 bits per heavy atom. The second-order valence-electron chi connectivity index (χ2n) is 14.9. The van der Waals surface area contributed by atoms with Gasteiger partial charge >= 0.3 is 0 Å². The van der Waals surface area contributed by atoms with E-state index >= 15 is 0 Å². The highest BCUT2D eigenvalue weighted by atomic mass is 35.5. The third-order valence-electron chi connectivity index (χ3n) is 11.1. The lowest BCUT2D eigenvalue weighted by Gasteiger charge is -2.32. The fourth-order valence-corrected chi connectivity index (χ4v) is 11.5. The lowest BCUT2D eigenvalue weighted by Crippen LogP contribution is -2.46. The van der Waals surface area contributed by atoms with Gasteiger partial charge in [0.1, 0.15) is 5.75 Å². The number of para-hydroxylation sites is 2. The molecule has 1 aromatic heterocycles. The number of rotatable bonds is 10. The highest BCUT2D eigenvalue weighted by molar-refractivity contribution is 6.71. The van der Waals surface area contributed by atoms with Crippen LogP contribution in [0.2, 0.25) is 23.7 Å². The molecule has 3 aliphatic heterocycles. The van der Waals surface area contributed by atoms with Gasteiger partial charge in [0.05, 0.1) is 42.2 Å². The molecule has 0 radical (unpaired) electrons. The van der Waals surface area contributed by atoms with Crippen LogP contribution >= 0.6 is 11.6 Å².